The van der Waals surface area contributed by atoms with Gasteiger partial charge in [0.1, 0.15) is 6.04 Å². The van der Waals surface area contributed by atoms with Gasteiger partial charge in [-0.15, -0.1) is 0 Å². The Hall–Kier alpha value is -5.03. The van der Waals surface area contributed by atoms with Crippen LogP contribution in [0.25, 0.3) is 21.5 Å². The van der Waals surface area contributed by atoms with Crippen LogP contribution in [0.2, 0.25) is 0 Å². The third kappa shape index (κ3) is 4.82. The van der Waals surface area contributed by atoms with Gasteiger partial charge in [0.05, 0.1) is 0 Å². The van der Waals surface area contributed by atoms with E-state index in [9.17, 15) is 15.0 Å². The lowest BCUT2D eigenvalue weighted by Crippen LogP contribution is -2.25. The minimum Gasteiger partial charge on any atom is -0.504 e. The van der Waals surface area contributed by atoms with Gasteiger partial charge in [-0.25, -0.2) is 4.79 Å². The fourth-order valence-electron chi connectivity index (χ4n) is 5.23. The molecule has 0 amide bonds. The second-order valence-electron chi connectivity index (χ2n) is 9.63. The zero-order chi connectivity index (χ0) is 26.8. The van der Waals surface area contributed by atoms with E-state index in [-0.39, 0.29) is 17.9 Å². The van der Waals surface area contributed by atoms with Crippen molar-refractivity contribution < 1.29 is 19.7 Å². The van der Waals surface area contributed by atoms with Crippen molar-refractivity contribution in [3.63, 3.8) is 0 Å². The number of aromatic hydroxyl groups is 2. The molecule has 1 aromatic heterocycles. The predicted molar refractivity (Wildman–Crippen MR) is 153 cm³/mol. The number of fused-ring (bicyclic) bond motifs is 2. The van der Waals surface area contributed by atoms with Gasteiger partial charge in [-0.3, -0.25) is 0 Å². The maximum Gasteiger partial charge on any atom is 0.330 e. The fraction of sp³-hybridized carbons (Fsp3) is 0.0882. The van der Waals surface area contributed by atoms with Crippen molar-refractivity contribution in [3.05, 3.63) is 144 Å². The van der Waals surface area contributed by atoms with Gasteiger partial charge in [0.25, 0.3) is 0 Å². The molecule has 5 aromatic carbocycles. The molecule has 0 saturated carbocycles. The van der Waals surface area contributed by atoms with Gasteiger partial charge in [0.2, 0.25) is 0 Å². The van der Waals surface area contributed by atoms with Crippen LogP contribution in [0.1, 0.15) is 28.8 Å². The molecule has 0 aliphatic carbocycles. The first kappa shape index (κ1) is 24.3. The minimum atomic E-state index is -0.684. The average molecular weight is 514 g/mol. The van der Waals surface area contributed by atoms with Gasteiger partial charge in [-0.2, -0.15) is 0 Å². The smallest absolute Gasteiger partial charge is 0.330 e. The SMILES string of the molecule is O=C(OC(c1cccc2ccccc12)c1cccc2ccccc12)[C@H](Cc1ccc(O)c(O)c1)n1cccc1. The largest absolute Gasteiger partial charge is 0.504 e. The van der Waals surface area contributed by atoms with Gasteiger partial charge in [-0.05, 0) is 51.4 Å². The summed E-state index contributed by atoms with van der Waals surface area (Å²) in [4.78, 5) is 14.1. The molecule has 0 saturated heterocycles. The van der Waals surface area contributed by atoms with E-state index < -0.39 is 18.1 Å². The zero-order valence-corrected chi connectivity index (χ0v) is 21.1. The van der Waals surface area contributed by atoms with Crippen LogP contribution < -0.4 is 0 Å². The molecule has 0 radical (unpaired) electrons. The van der Waals surface area contributed by atoms with E-state index in [1.54, 1.807) is 6.07 Å². The highest BCUT2D eigenvalue weighted by Crippen LogP contribution is 2.37. The monoisotopic (exact) mass is 513 g/mol. The molecule has 1 atom stereocenters. The molecule has 5 nitrogen and oxygen atoms in total. The normalized spacial score (nSPS) is 12.1. The lowest BCUT2D eigenvalue weighted by Gasteiger charge is -2.25. The Balaban J connectivity index is 1.46. The third-order valence-electron chi connectivity index (χ3n) is 7.17. The standard InChI is InChI=1S/C34H27NO4/c36-31-18-17-23(22-32(31)37)21-30(35-19-5-6-20-35)34(38)39-33(28-15-7-11-24-9-1-3-13-26(24)28)29-16-8-12-25-10-2-4-14-27(25)29/h1-20,22,30,33,36-37H,21H2/t30-/m0/s1. The molecule has 1 heterocycles. The van der Waals surface area contributed by atoms with E-state index in [0.717, 1.165) is 32.7 Å². The molecule has 0 aliphatic rings. The lowest BCUT2D eigenvalue weighted by molar-refractivity contribution is -0.151. The molecule has 0 bridgehead atoms. The maximum atomic E-state index is 14.1. The Labute approximate surface area is 226 Å². The fourth-order valence-corrected chi connectivity index (χ4v) is 5.23. The van der Waals surface area contributed by atoms with Gasteiger partial charge >= 0.3 is 5.97 Å². The van der Waals surface area contributed by atoms with Crippen molar-refractivity contribution in [1.29, 1.82) is 0 Å². The molecule has 0 unspecified atom stereocenters. The highest BCUT2D eigenvalue weighted by molar-refractivity contribution is 5.90. The van der Waals surface area contributed by atoms with E-state index in [1.165, 1.54) is 12.1 Å². The summed E-state index contributed by atoms with van der Waals surface area (Å²) in [5, 5.41) is 24.0. The molecule has 0 aliphatic heterocycles. The molecule has 5 heteroatoms. The third-order valence-corrected chi connectivity index (χ3v) is 7.17. The predicted octanol–water partition coefficient (Wildman–Crippen LogP) is 7.32. The molecular formula is C34H27NO4. The summed E-state index contributed by atoms with van der Waals surface area (Å²) in [5.74, 6) is -0.827. The molecule has 39 heavy (non-hydrogen) atoms. The van der Waals surface area contributed by atoms with Crippen LogP contribution in [-0.2, 0) is 16.0 Å². The molecule has 6 aromatic rings. The first-order valence-corrected chi connectivity index (χ1v) is 12.9. The maximum absolute atomic E-state index is 14.1. The van der Waals surface area contributed by atoms with Gasteiger partial charge < -0.3 is 19.5 Å². The number of aromatic nitrogens is 1. The molecule has 0 fully saturated rings. The number of carbonyl (C=O) groups excluding carboxylic acids is 1. The minimum absolute atomic E-state index is 0.203. The second-order valence-corrected chi connectivity index (χ2v) is 9.63. The van der Waals surface area contributed by atoms with Gasteiger partial charge in [0.15, 0.2) is 17.6 Å². The van der Waals surface area contributed by atoms with Crippen LogP contribution in [-0.4, -0.2) is 20.7 Å². The van der Waals surface area contributed by atoms with Crippen LogP contribution in [0.5, 0.6) is 11.5 Å². The number of phenols is 2. The number of hydrogen-bond acceptors (Lipinski definition) is 4. The van der Waals surface area contributed by atoms with E-state index in [0.29, 0.717) is 5.56 Å². The zero-order valence-electron chi connectivity index (χ0n) is 21.1. The number of benzene rings is 5. The summed E-state index contributed by atoms with van der Waals surface area (Å²) in [7, 11) is 0. The van der Waals surface area contributed by atoms with Crippen LogP contribution in [0.4, 0.5) is 0 Å². The number of rotatable bonds is 7. The van der Waals surface area contributed by atoms with Crippen LogP contribution in [0.15, 0.2) is 128 Å². The quantitative estimate of drug-likeness (QED) is 0.173. The summed E-state index contributed by atoms with van der Waals surface area (Å²) in [6.45, 7) is 0. The number of ether oxygens (including phenoxy) is 1. The second kappa shape index (κ2) is 10.4. The Morgan fingerprint density at radius 1 is 0.667 bits per heavy atom. The first-order chi connectivity index (χ1) is 19.1. The Morgan fingerprint density at radius 3 is 1.82 bits per heavy atom. The molecule has 2 N–H and O–H groups in total. The van der Waals surface area contributed by atoms with E-state index >= 15 is 0 Å². The van der Waals surface area contributed by atoms with E-state index in [2.05, 4.69) is 36.4 Å². The molecule has 192 valence electrons. The van der Waals surface area contributed by atoms with Crippen molar-refractivity contribution in [2.24, 2.45) is 0 Å². The molecule has 6 rings (SSSR count). The average Bonchev–Trinajstić information content (AvgIpc) is 3.51. The highest BCUT2D eigenvalue weighted by atomic mass is 16.5. The van der Waals surface area contributed by atoms with Crippen molar-refractivity contribution in [2.45, 2.75) is 18.6 Å². The summed E-state index contributed by atoms with van der Waals surface area (Å²) in [6, 6.07) is 36.0. The Kier molecular flexibility index (Phi) is 6.47. The van der Waals surface area contributed by atoms with Crippen LogP contribution >= 0.6 is 0 Å². The summed E-state index contributed by atoms with van der Waals surface area (Å²) in [6.07, 6.45) is 3.29. The summed E-state index contributed by atoms with van der Waals surface area (Å²) < 4.78 is 8.29. The molecule has 0 spiro atoms. The van der Waals surface area contributed by atoms with Gasteiger partial charge in [0, 0.05) is 29.9 Å². The van der Waals surface area contributed by atoms with Crippen molar-refractivity contribution >= 4 is 27.5 Å². The van der Waals surface area contributed by atoms with Crippen molar-refractivity contribution in [3.8, 4) is 11.5 Å². The van der Waals surface area contributed by atoms with Crippen LogP contribution in [0.3, 0.4) is 0 Å². The number of nitrogens with zero attached hydrogens (tertiary/aromatic N) is 1. The summed E-state index contributed by atoms with van der Waals surface area (Å²) in [5.41, 5.74) is 2.52. The number of esters is 1. The topological polar surface area (TPSA) is 71.7 Å². The summed E-state index contributed by atoms with van der Waals surface area (Å²) >= 11 is 0. The number of phenolic OH excluding ortho intramolecular Hbond substituents is 2. The Morgan fingerprint density at radius 2 is 1.23 bits per heavy atom. The van der Waals surface area contributed by atoms with E-state index in [1.807, 2.05) is 77.6 Å². The van der Waals surface area contributed by atoms with Crippen molar-refractivity contribution in [2.75, 3.05) is 0 Å². The lowest BCUT2D eigenvalue weighted by atomic mass is 9.92. The van der Waals surface area contributed by atoms with Crippen molar-refractivity contribution in [1.82, 2.24) is 4.57 Å². The highest BCUT2D eigenvalue weighted by Gasteiger charge is 2.29. The van der Waals surface area contributed by atoms with Gasteiger partial charge in [-0.1, -0.05) is 91.0 Å². The van der Waals surface area contributed by atoms with Crippen LogP contribution in [0, 0.1) is 0 Å². The number of carbonyl (C=O) groups is 1. The first-order valence-electron chi connectivity index (χ1n) is 12.9. The van der Waals surface area contributed by atoms with E-state index in [4.69, 9.17) is 4.74 Å². The Bertz CT molecular complexity index is 1680. The molecular weight excluding hydrogens is 486 g/mol. The number of hydrogen-bond donors (Lipinski definition) is 2.